The number of furan rings is 1. The zero-order valence-corrected chi connectivity index (χ0v) is 14.7. The van der Waals surface area contributed by atoms with Gasteiger partial charge in [0.05, 0.1) is 18.6 Å². The molecule has 134 valence electrons. The maximum Gasteiger partial charge on any atom is 0.321 e. The maximum absolute atomic E-state index is 11.8. The number of carbonyl (C=O) groups excluding carboxylic acids is 2. The molecule has 0 atom stereocenters. The summed E-state index contributed by atoms with van der Waals surface area (Å²) in [5, 5.41) is 12.9. The molecule has 3 aromatic rings. The van der Waals surface area contributed by atoms with Crippen molar-refractivity contribution in [3.05, 3.63) is 54.0 Å². The number of thioether (sulfide) groups is 1. The minimum absolute atomic E-state index is 0.0242. The van der Waals surface area contributed by atoms with Gasteiger partial charge in [-0.2, -0.15) is 0 Å². The van der Waals surface area contributed by atoms with E-state index in [1.54, 1.807) is 12.1 Å². The van der Waals surface area contributed by atoms with Crippen LogP contribution in [0.4, 0.5) is 4.79 Å². The Morgan fingerprint density at radius 1 is 1.19 bits per heavy atom. The summed E-state index contributed by atoms with van der Waals surface area (Å²) in [5.41, 5.74) is 1.89. The number of carbonyl (C=O) groups is 2. The fourth-order valence-electron chi connectivity index (χ4n) is 2.08. The minimum atomic E-state index is -0.599. The highest BCUT2D eigenvalue weighted by Crippen LogP contribution is 2.23. The minimum Gasteiger partial charge on any atom is -0.467 e. The first kappa shape index (κ1) is 17.7. The van der Waals surface area contributed by atoms with E-state index < -0.39 is 11.9 Å². The van der Waals surface area contributed by atoms with Gasteiger partial charge in [0, 0.05) is 5.56 Å². The molecule has 3 rings (SSSR count). The second-order valence-electron chi connectivity index (χ2n) is 5.34. The lowest BCUT2D eigenvalue weighted by molar-refractivity contribution is -0.117. The monoisotopic (exact) mass is 372 g/mol. The number of aromatic nitrogens is 2. The van der Waals surface area contributed by atoms with Crippen LogP contribution in [-0.4, -0.2) is 27.9 Å². The Bertz CT molecular complexity index is 892. The smallest absolute Gasteiger partial charge is 0.321 e. The Kier molecular flexibility index (Phi) is 5.69. The normalized spacial score (nSPS) is 10.5. The van der Waals surface area contributed by atoms with E-state index in [2.05, 4.69) is 20.8 Å². The van der Waals surface area contributed by atoms with E-state index in [1.165, 1.54) is 6.26 Å². The van der Waals surface area contributed by atoms with E-state index in [1.807, 2.05) is 31.2 Å². The summed E-state index contributed by atoms with van der Waals surface area (Å²) in [5.74, 6) is 0.482. The lowest BCUT2D eigenvalue weighted by Gasteiger charge is -2.04. The number of aryl methyl sites for hydroxylation is 1. The van der Waals surface area contributed by atoms with Crippen LogP contribution >= 0.6 is 11.8 Å². The molecule has 0 aliphatic rings. The van der Waals surface area contributed by atoms with Crippen LogP contribution in [0.1, 0.15) is 11.3 Å². The quantitative estimate of drug-likeness (QED) is 0.640. The Morgan fingerprint density at radius 2 is 2.08 bits per heavy atom. The van der Waals surface area contributed by atoms with Crippen molar-refractivity contribution in [2.75, 3.05) is 5.75 Å². The van der Waals surface area contributed by atoms with Gasteiger partial charge in [-0.3, -0.25) is 10.1 Å². The number of nitrogens with zero attached hydrogens (tertiary/aromatic N) is 2. The van der Waals surface area contributed by atoms with Crippen molar-refractivity contribution in [2.45, 2.75) is 18.7 Å². The molecule has 0 fully saturated rings. The Balaban J connectivity index is 1.45. The fraction of sp³-hybridized carbons (Fsp3) is 0.176. The molecule has 8 nitrogen and oxygen atoms in total. The number of hydrogen-bond acceptors (Lipinski definition) is 7. The molecule has 0 unspecified atom stereocenters. The van der Waals surface area contributed by atoms with Gasteiger partial charge in [0.2, 0.25) is 11.8 Å². The van der Waals surface area contributed by atoms with Crippen LogP contribution in [0.15, 0.2) is 56.7 Å². The summed E-state index contributed by atoms with van der Waals surface area (Å²) < 4.78 is 10.6. The molecule has 2 aromatic heterocycles. The first-order valence-electron chi connectivity index (χ1n) is 7.73. The van der Waals surface area contributed by atoms with Gasteiger partial charge >= 0.3 is 6.03 Å². The van der Waals surface area contributed by atoms with Gasteiger partial charge in [-0.05, 0) is 31.2 Å². The predicted octanol–water partition coefficient (Wildman–Crippen LogP) is 2.76. The first-order chi connectivity index (χ1) is 12.6. The molecule has 26 heavy (non-hydrogen) atoms. The van der Waals surface area contributed by atoms with Crippen molar-refractivity contribution in [3.8, 4) is 11.5 Å². The number of rotatable bonds is 6. The summed E-state index contributed by atoms with van der Waals surface area (Å²) >= 11 is 1.06. The highest BCUT2D eigenvalue weighted by molar-refractivity contribution is 7.99. The fourth-order valence-corrected chi connectivity index (χ4v) is 2.64. The van der Waals surface area contributed by atoms with Gasteiger partial charge < -0.3 is 14.2 Å². The van der Waals surface area contributed by atoms with Crippen molar-refractivity contribution in [2.24, 2.45) is 0 Å². The van der Waals surface area contributed by atoms with E-state index in [-0.39, 0.29) is 17.5 Å². The highest BCUT2D eigenvalue weighted by atomic mass is 32.2. The molecule has 0 aliphatic carbocycles. The molecular weight excluding hydrogens is 356 g/mol. The van der Waals surface area contributed by atoms with Gasteiger partial charge in [-0.1, -0.05) is 29.5 Å². The average Bonchev–Trinajstić information content (AvgIpc) is 3.30. The van der Waals surface area contributed by atoms with Crippen LogP contribution in [0.2, 0.25) is 0 Å². The average molecular weight is 372 g/mol. The van der Waals surface area contributed by atoms with Crippen LogP contribution < -0.4 is 10.6 Å². The molecule has 0 bridgehead atoms. The number of nitrogens with one attached hydrogen (secondary N) is 2. The van der Waals surface area contributed by atoms with Crippen molar-refractivity contribution >= 4 is 23.7 Å². The van der Waals surface area contributed by atoms with Crippen molar-refractivity contribution in [1.82, 2.24) is 20.8 Å². The van der Waals surface area contributed by atoms with Gasteiger partial charge in [0.1, 0.15) is 5.76 Å². The molecule has 9 heteroatoms. The topological polar surface area (TPSA) is 110 Å². The first-order valence-corrected chi connectivity index (χ1v) is 8.72. The van der Waals surface area contributed by atoms with Crippen LogP contribution in [0.3, 0.4) is 0 Å². The molecular formula is C17H16N4O4S. The Labute approximate surface area is 153 Å². The lowest BCUT2D eigenvalue weighted by Crippen LogP contribution is -2.39. The third-order valence-electron chi connectivity index (χ3n) is 3.25. The zero-order chi connectivity index (χ0) is 18.4. The van der Waals surface area contributed by atoms with E-state index in [4.69, 9.17) is 8.83 Å². The summed E-state index contributed by atoms with van der Waals surface area (Å²) in [6.07, 6.45) is 1.51. The Morgan fingerprint density at radius 3 is 2.85 bits per heavy atom. The van der Waals surface area contributed by atoms with Crippen molar-refractivity contribution in [1.29, 1.82) is 0 Å². The summed E-state index contributed by atoms with van der Waals surface area (Å²) in [6, 6.07) is 10.5. The number of imide groups is 1. The van der Waals surface area contributed by atoms with Gasteiger partial charge in [-0.15, -0.1) is 10.2 Å². The number of hydrogen-bond donors (Lipinski definition) is 2. The summed E-state index contributed by atoms with van der Waals surface area (Å²) in [6.45, 7) is 2.17. The van der Waals surface area contributed by atoms with Gasteiger partial charge in [-0.25, -0.2) is 4.79 Å². The van der Waals surface area contributed by atoms with Crippen LogP contribution in [0, 0.1) is 6.92 Å². The zero-order valence-electron chi connectivity index (χ0n) is 13.9. The highest BCUT2D eigenvalue weighted by Gasteiger charge is 2.13. The molecule has 0 saturated carbocycles. The second-order valence-corrected chi connectivity index (χ2v) is 6.27. The van der Waals surface area contributed by atoms with Crippen molar-refractivity contribution < 1.29 is 18.4 Å². The molecule has 3 amide bonds. The van der Waals surface area contributed by atoms with Crippen LogP contribution in [0.25, 0.3) is 11.5 Å². The van der Waals surface area contributed by atoms with E-state index in [9.17, 15) is 9.59 Å². The number of urea groups is 1. The SMILES string of the molecule is Cc1cccc(-c2nnc(SCC(=O)NC(=O)NCc3ccco3)o2)c1. The van der Waals surface area contributed by atoms with Crippen LogP contribution in [0.5, 0.6) is 0 Å². The number of amides is 3. The predicted molar refractivity (Wildman–Crippen MR) is 94.3 cm³/mol. The Hall–Kier alpha value is -3.07. The maximum atomic E-state index is 11.8. The largest absolute Gasteiger partial charge is 0.467 e. The molecule has 0 saturated heterocycles. The number of benzene rings is 1. The van der Waals surface area contributed by atoms with E-state index in [0.29, 0.717) is 11.7 Å². The summed E-state index contributed by atoms with van der Waals surface area (Å²) in [4.78, 5) is 23.4. The third-order valence-corrected chi connectivity index (χ3v) is 4.07. The van der Waals surface area contributed by atoms with Gasteiger partial charge in [0.15, 0.2) is 0 Å². The molecule has 2 heterocycles. The standard InChI is InChI=1S/C17H16N4O4S/c1-11-4-2-5-12(8-11)15-20-21-17(25-15)26-10-14(22)19-16(23)18-9-13-6-3-7-24-13/h2-8H,9-10H2,1H3,(H2,18,19,22,23). The lowest BCUT2D eigenvalue weighted by atomic mass is 10.1. The van der Waals surface area contributed by atoms with Crippen molar-refractivity contribution in [3.63, 3.8) is 0 Å². The van der Waals surface area contributed by atoms with E-state index in [0.717, 1.165) is 22.9 Å². The molecule has 0 spiro atoms. The molecule has 1 aromatic carbocycles. The second kappa shape index (κ2) is 8.34. The summed E-state index contributed by atoms with van der Waals surface area (Å²) in [7, 11) is 0. The molecule has 0 radical (unpaired) electrons. The third kappa shape index (κ3) is 4.96. The molecule has 2 N–H and O–H groups in total. The van der Waals surface area contributed by atoms with E-state index >= 15 is 0 Å². The van der Waals surface area contributed by atoms with Gasteiger partial charge in [0.25, 0.3) is 5.22 Å². The molecule has 0 aliphatic heterocycles. The van der Waals surface area contributed by atoms with Crippen LogP contribution in [-0.2, 0) is 11.3 Å².